The third kappa shape index (κ3) is 3.23. The highest BCUT2D eigenvalue weighted by molar-refractivity contribution is 5.49. The Morgan fingerprint density at radius 3 is 2.84 bits per heavy atom. The van der Waals surface area contributed by atoms with E-state index in [0.717, 1.165) is 38.3 Å². The fourth-order valence-electron chi connectivity index (χ4n) is 3.49. The first kappa shape index (κ1) is 16.4. The second-order valence-electron chi connectivity index (χ2n) is 6.59. The lowest BCUT2D eigenvalue weighted by Crippen LogP contribution is -2.39. The van der Waals surface area contributed by atoms with Gasteiger partial charge in [0.15, 0.2) is 5.60 Å². The molecule has 0 aliphatic carbocycles. The minimum Gasteiger partial charge on any atom is -0.381 e. The lowest BCUT2D eigenvalue weighted by Gasteiger charge is -2.33. The molecule has 2 aliphatic heterocycles. The molecule has 0 radical (unpaired) electrons. The summed E-state index contributed by atoms with van der Waals surface area (Å²) < 4.78 is 16.8. The standard InChI is InChI=1S/C17H23N5O3/c1-23-12-17(7-2-5-11-24-17)15-20-14(25-21-15)13-6-8-18-16(19-13)22-9-3-4-10-22/h6,8H,2-5,7,9-12H2,1H3. The summed E-state index contributed by atoms with van der Waals surface area (Å²) in [5.74, 6) is 1.64. The molecule has 0 aromatic carbocycles. The average Bonchev–Trinajstić information content (AvgIpc) is 3.35. The van der Waals surface area contributed by atoms with Gasteiger partial charge in [-0.3, -0.25) is 0 Å². The predicted molar refractivity (Wildman–Crippen MR) is 90.1 cm³/mol. The Balaban J connectivity index is 1.61. The van der Waals surface area contributed by atoms with Gasteiger partial charge in [0, 0.05) is 33.0 Å². The SMILES string of the molecule is COCC1(c2noc(-c3ccnc(N4CCCC4)n3)n2)CCCCO1. The van der Waals surface area contributed by atoms with E-state index in [1.807, 2.05) is 0 Å². The molecule has 1 unspecified atom stereocenters. The lowest BCUT2D eigenvalue weighted by atomic mass is 9.94. The van der Waals surface area contributed by atoms with Gasteiger partial charge in [-0.2, -0.15) is 4.98 Å². The van der Waals surface area contributed by atoms with Crippen LogP contribution in [-0.4, -0.2) is 53.5 Å². The molecule has 8 heteroatoms. The van der Waals surface area contributed by atoms with Crippen LogP contribution in [0, 0.1) is 0 Å². The zero-order valence-corrected chi connectivity index (χ0v) is 14.5. The van der Waals surface area contributed by atoms with Crippen LogP contribution in [0.3, 0.4) is 0 Å². The van der Waals surface area contributed by atoms with E-state index >= 15 is 0 Å². The molecule has 2 aromatic rings. The maximum atomic E-state index is 6.00. The zero-order valence-electron chi connectivity index (χ0n) is 14.5. The van der Waals surface area contributed by atoms with Crippen LogP contribution in [-0.2, 0) is 15.1 Å². The Labute approximate surface area is 146 Å². The first-order valence-electron chi connectivity index (χ1n) is 8.86. The highest BCUT2D eigenvalue weighted by Gasteiger charge is 2.40. The van der Waals surface area contributed by atoms with Crippen LogP contribution in [0.15, 0.2) is 16.8 Å². The van der Waals surface area contributed by atoms with Crippen LogP contribution in [0.2, 0.25) is 0 Å². The van der Waals surface area contributed by atoms with Gasteiger partial charge < -0.3 is 18.9 Å². The number of aromatic nitrogens is 4. The fraction of sp³-hybridized carbons (Fsp3) is 0.647. The Hall–Kier alpha value is -2.06. The lowest BCUT2D eigenvalue weighted by molar-refractivity contribution is -0.127. The van der Waals surface area contributed by atoms with Crippen molar-refractivity contribution in [3.05, 3.63) is 18.1 Å². The summed E-state index contributed by atoms with van der Waals surface area (Å²) in [5, 5.41) is 4.17. The van der Waals surface area contributed by atoms with Crippen molar-refractivity contribution in [3.63, 3.8) is 0 Å². The summed E-state index contributed by atoms with van der Waals surface area (Å²) in [7, 11) is 1.66. The molecule has 2 aromatic heterocycles. The van der Waals surface area contributed by atoms with Crippen LogP contribution in [0.4, 0.5) is 5.95 Å². The van der Waals surface area contributed by atoms with Crippen molar-refractivity contribution in [2.24, 2.45) is 0 Å². The van der Waals surface area contributed by atoms with E-state index in [9.17, 15) is 0 Å². The van der Waals surface area contributed by atoms with Gasteiger partial charge in [-0.15, -0.1) is 0 Å². The minimum absolute atomic E-state index is 0.391. The summed E-state index contributed by atoms with van der Waals surface area (Å²) in [6.07, 6.45) is 7.01. The molecule has 0 amide bonds. The molecule has 8 nitrogen and oxygen atoms in total. The number of hydrogen-bond acceptors (Lipinski definition) is 8. The van der Waals surface area contributed by atoms with Crippen molar-refractivity contribution in [2.75, 3.05) is 38.3 Å². The molecule has 2 fully saturated rings. The molecule has 0 N–H and O–H groups in total. The van der Waals surface area contributed by atoms with Gasteiger partial charge in [0.25, 0.3) is 5.89 Å². The molecule has 0 bridgehead atoms. The first-order valence-corrected chi connectivity index (χ1v) is 8.86. The smallest absolute Gasteiger partial charge is 0.276 e. The Morgan fingerprint density at radius 2 is 2.08 bits per heavy atom. The van der Waals surface area contributed by atoms with Crippen LogP contribution >= 0.6 is 0 Å². The average molecular weight is 345 g/mol. The van der Waals surface area contributed by atoms with Crippen molar-refractivity contribution in [3.8, 4) is 11.6 Å². The van der Waals surface area contributed by atoms with Gasteiger partial charge in [0.05, 0.1) is 6.61 Å². The number of ether oxygens (including phenoxy) is 2. The monoisotopic (exact) mass is 345 g/mol. The molecule has 134 valence electrons. The largest absolute Gasteiger partial charge is 0.381 e. The summed E-state index contributed by atoms with van der Waals surface area (Å²) in [6.45, 7) is 3.07. The molecular formula is C17H23N5O3. The van der Waals surface area contributed by atoms with Gasteiger partial charge in [-0.1, -0.05) is 5.16 Å². The predicted octanol–water partition coefficient (Wildman–Crippen LogP) is 2.17. The van der Waals surface area contributed by atoms with Gasteiger partial charge >= 0.3 is 0 Å². The summed E-state index contributed by atoms with van der Waals surface area (Å²) in [4.78, 5) is 15.7. The van der Waals surface area contributed by atoms with Crippen molar-refractivity contribution >= 4 is 5.95 Å². The molecule has 2 saturated heterocycles. The summed E-state index contributed by atoms with van der Waals surface area (Å²) in [5.41, 5.74) is 0.0126. The minimum atomic E-state index is -0.625. The van der Waals surface area contributed by atoms with E-state index in [4.69, 9.17) is 14.0 Å². The second kappa shape index (κ2) is 7.05. The van der Waals surface area contributed by atoms with Gasteiger partial charge in [0.1, 0.15) is 5.69 Å². The van der Waals surface area contributed by atoms with Crippen molar-refractivity contribution in [1.82, 2.24) is 20.1 Å². The van der Waals surface area contributed by atoms with E-state index in [1.165, 1.54) is 12.8 Å². The number of hydrogen-bond donors (Lipinski definition) is 0. The van der Waals surface area contributed by atoms with Crippen LogP contribution in [0.5, 0.6) is 0 Å². The third-order valence-corrected chi connectivity index (χ3v) is 4.82. The highest BCUT2D eigenvalue weighted by atomic mass is 16.5. The van der Waals surface area contributed by atoms with Gasteiger partial charge in [-0.25, -0.2) is 9.97 Å². The first-order chi connectivity index (χ1) is 12.3. The van der Waals surface area contributed by atoms with E-state index in [2.05, 4.69) is 25.0 Å². The third-order valence-electron chi connectivity index (χ3n) is 4.82. The van der Waals surface area contributed by atoms with Gasteiger partial charge in [-0.05, 0) is 38.2 Å². The maximum Gasteiger partial charge on any atom is 0.276 e. The summed E-state index contributed by atoms with van der Waals surface area (Å²) in [6, 6.07) is 1.79. The normalized spacial score (nSPS) is 24.0. The molecule has 25 heavy (non-hydrogen) atoms. The van der Waals surface area contributed by atoms with Crippen molar-refractivity contribution < 1.29 is 14.0 Å². The van der Waals surface area contributed by atoms with Gasteiger partial charge in [0.2, 0.25) is 11.8 Å². The van der Waals surface area contributed by atoms with E-state index < -0.39 is 5.60 Å². The molecule has 4 heterocycles. The number of methoxy groups -OCH3 is 1. The second-order valence-corrected chi connectivity index (χ2v) is 6.59. The molecule has 2 aliphatic rings. The van der Waals surface area contributed by atoms with E-state index in [0.29, 0.717) is 30.6 Å². The number of nitrogens with zero attached hydrogens (tertiary/aromatic N) is 5. The fourth-order valence-corrected chi connectivity index (χ4v) is 3.49. The quantitative estimate of drug-likeness (QED) is 0.815. The molecular weight excluding hydrogens is 322 g/mol. The Bertz CT molecular complexity index is 702. The number of rotatable bonds is 5. The highest BCUT2D eigenvalue weighted by Crippen LogP contribution is 2.34. The molecule has 4 rings (SSSR count). The van der Waals surface area contributed by atoms with Crippen LogP contribution in [0.1, 0.15) is 37.9 Å². The molecule has 0 saturated carbocycles. The zero-order chi connectivity index (χ0) is 17.1. The van der Waals surface area contributed by atoms with Crippen LogP contribution in [0.25, 0.3) is 11.6 Å². The Morgan fingerprint density at radius 1 is 1.20 bits per heavy atom. The summed E-state index contributed by atoms with van der Waals surface area (Å²) >= 11 is 0. The molecule has 0 spiro atoms. The van der Waals surface area contributed by atoms with Crippen LogP contribution < -0.4 is 4.90 Å². The maximum absolute atomic E-state index is 6.00. The van der Waals surface area contributed by atoms with Crippen molar-refractivity contribution in [2.45, 2.75) is 37.7 Å². The van der Waals surface area contributed by atoms with E-state index in [-0.39, 0.29) is 0 Å². The number of anilines is 1. The van der Waals surface area contributed by atoms with Crippen molar-refractivity contribution in [1.29, 1.82) is 0 Å². The Kier molecular flexibility index (Phi) is 4.63. The molecule has 1 atom stereocenters. The topological polar surface area (TPSA) is 86.4 Å². The van der Waals surface area contributed by atoms with E-state index in [1.54, 1.807) is 19.4 Å².